The topological polar surface area (TPSA) is 41.9 Å². The minimum absolute atomic E-state index is 0.0266. The molecule has 0 spiro atoms. The molecule has 0 aliphatic rings. The highest BCUT2D eigenvalue weighted by Crippen LogP contribution is 2.35. The molecule has 7 heteroatoms. The lowest BCUT2D eigenvalue weighted by atomic mass is 10.1. The van der Waals surface area contributed by atoms with Crippen molar-refractivity contribution in [2.75, 3.05) is 21.2 Å². The van der Waals surface area contributed by atoms with Crippen LogP contribution in [0.3, 0.4) is 0 Å². The van der Waals surface area contributed by atoms with Crippen LogP contribution in [-0.2, 0) is 4.74 Å². The van der Waals surface area contributed by atoms with Gasteiger partial charge in [-0.15, -0.1) is 0 Å². The van der Waals surface area contributed by atoms with Gasteiger partial charge in [0.1, 0.15) is 5.69 Å². The number of halogens is 3. The third kappa shape index (κ3) is 3.20. The number of rotatable bonds is 3. The Labute approximate surface area is 118 Å². The van der Waals surface area contributed by atoms with Crippen LogP contribution in [0.2, 0.25) is 5.02 Å². The molecule has 0 fully saturated rings. The van der Waals surface area contributed by atoms with Crippen LogP contribution in [0.4, 0.5) is 10.1 Å². The average molecular weight is 338 g/mol. The molecule has 0 saturated heterocycles. The van der Waals surface area contributed by atoms with Gasteiger partial charge in [0.15, 0.2) is 5.82 Å². The SMILES string of the molecule is COC(=O)c1cc(Cl)c(Br)c(F)c1/N=C/N(C)C. The van der Waals surface area contributed by atoms with Crippen LogP contribution in [0.5, 0.6) is 0 Å². The number of ether oxygens (including phenoxy) is 1. The number of benzene rings is 1. The van der Waals surface area contributed by atoms with Crippen molar-refractivity contribution >= 4 is 45.5 Å². The van der Waals surface area contributed by atoms with Gasteiger partial charge in [0.05, 0.1) is 28.5 Å². The quantitative estimate of drug-likeness (QED) is 0.368. The maximum Gasteiger partial charge on any atom is 0.340 e. The van der Waals surface area contributed by atoms with E-state index < -0.39 is 11.8 Å². The van der Waals surface area contributed by atoms with Gasteiger partial charge in [-0.1, -0.05) is 11.6 Å². The van der Waals surface area contributed by atoms with Gasteiger partial charge in [0.25, 0.3) is 0 Å². The van der Waals surface area contributed by atoms with E-state index in [1.165, 1.54) is 19.5 Å². The molecule has 1 aromatic carbocycles. The number of carbonyl (C=O) groups is 1. The van der Waals surface area contributed by atoms with Crippen LogP contribution in [0.15, 0.2) is 15.5 Å². The van der Waals surface area contributed by atoms with Crippen LogP contribution >= 0.6 is 27.5 Å². The molecule has 0 heterocycles. The van der Waals surface area contributed by atoms with Gasteiger partial charge in [0, 0.05) is 14.1 Å². The van der Waals surface area contributed by atoms with Crippen molar-refractivity contribution in [2.45, 2.75) is 0 Å². The number of carbonyl (C=O) groups excluding carboxylic acids is 1. The highest BCUT2D eigenvalue weighted by atomic mass is 79.9. The molecule has 0 atom stereocenters. The van der Waals surface area contributed by atoms with Crippen molar-refractivity contribution in [1.29, 1.82) is 0 Å². The van der Waals surface area contributed by atoms with Gasteiger partial charge < -0.3 is 9.64 Å². The van der Waals surface area contributed by atoms with Crippen LogP contribution in [0.1, 0.15) is 10.4 Å². The Kier molecular flexibility index (Phi) is 5.10. The molecule has 4 nitrogen and oxygen atoms in total. The first kappa shape index (κ1) is 14.9. The summed E-state index contributed by atoms with van der Waals surface area (Å²) in [6.07, 6.45) is 1.38. The van der Waals surface area contributed by atoms with Crippen molar-refractivity contribution < 1.29 is 13.9 Å². The van der Waals surface area contributed by atoms with Gasteiger partial charge in [-0.3, -0.25) is 0 Å². The van der Waals surface area contributed by atoms with Gasteiger partial charge in [0.2, 0.25) is 0 Å². The van der Waals surface area contributed by atoms with E-state index in [1.807, 2.05) is 0 Å². The third-order valence-electron chi connectivity index (χ3n) is 1.96. The number of hydrogen-bond acceptors (Lipinski definition) is 3. The first-order valence-corrected chi connectivity index (χ1v) is 6.02. The molecule has 18 heavy (non-hydrogen) atoms. The molecule has 0 aliphatic carbocycles. The molecule has 0 aliphatic heterocycles. The summed E-state index contributed by atoms with van der Waals surface area (Å²) in [6, 6.07) is 1.31. The molecular formula is C11H11BrClFN2O2. The summed E-state index contributed by atoms with van der Waals surface area (Å²) < 4.78 is 18.6. The van der Waals surface area contributed by atoms with Crippen LogP contribution in [-0.4, -0.2) is 38.4 Å². The first-order chi connectivity index (χ1) is 8.38. The Bertz CT molecular complexity index is 506. The van der Waals surface area contributed by atoms with E-state index >= 15 is 0 Å². The molecule has 98 valence electrons. The molecule has 1 aromatic rings. The number of nitrogens with zero attached hydrogens (tertiary/aromatic N) is 2. The molecule has 0 unspecified atom stereocenters. The fourth-order valence-electron chi connectivity index (χ4n) is 1.15. The van der Waals surface area contributed by atoms with Crippen molar-refractivity contribution in [1.82, 2.24) is 4.90 Å². The molecule has 0 amide bonds. The minimum atomic E-state index is -0.707. The molecule has 0 radical (unpaired) electrons. The van der Waals surface area contributed by atoms with E-state index in [2.05, 4.69) is 25.7 Å². The van der Waals surface area contributed by atoms with E-state index in [0.29, 0.717) is 0 Å². The predicted octanol–water partition coefficient (Wildman–Crippen LogP) is 3.25. The maximum absolute atomic E-state index is 14.0. The Morgan fingerprint density at radius 3 is 2.72 bits per heavy atom. The normalized spacial score (nSPS) is 10.8. The zero-order chi connectivity index (χ0) is 13.9. The Morgan fingerprint density at radius 1 is 1.61 bits per heavy atom. The van der Waals surface area contributed by atoms with E-state index in [1.54, 1.807) is 19.0 Å². The van der Waals surface area contributed by atoms with Gasteiger partial charge in [-0.2, -0.15) is 0 Å². The van der Waals surface area contributed by atoms with E-state index in [-0.39, 0.29) is 20.7 Å². The fraction of sp³-hybridized carbons (Fsp3) is 0.273. The summed E-state index contributed by atoms with van der Waals surface area (Å²) in [6.45, 7) is 0. The lowest BCUT2D eigenvalue weighted by Crippen LogP contribution is -2.08. The van der Waals surface area contributed by atoms with E-state index in [0.717, 1.165) is 0 Å². The number of hydrogen-bond donors (Lipinski definition) is 0. The monoisotopic (exact) mass is 336 g/mol. The van der Waals surface area contributed by atoms with Gasteiger partial charge >= 0.3 is 5.97 Å². The second kappa shape index (κ2) is 6.15. The van der Waals surface area contributed by atoms with E-state index in [4.69, 9.17) is 11.6 Å². The second-order valence-electron chi connectivity index (χ2n) is 3.58. The predicted molar refractivity (Wildman–Crippen MR) is 72.3 cm³/mol. The Hall–Kier alpha value is -1.14. The summed E-state index contributed by atoms with van der Waals surface area (Å²) >= 11 is 8.79. The van der Waals surface area contributed by atoms with Crippen LogP contribution in [0, 0.1) is 5.82 Å². The van der Waals surface area contributed by atoms with Gasteiger partial charge in [-0.25, -0.2) is 14.2 Å². The maximum atomic E-state index is 14.0. The third-order valence-corrected chi connectivity index (χ3v) is 3.26. The zero-order valence-corrected chi connectivity index (χ0v) is 12.3. The van der Waals surface area contributed by atoms with E-state index in [9.17, 15) is 9.18 Å². The lowest BCUT2D eigenvalue weighted by Gasteiger charge is -2.09. The number of esters is 1. The van der Waals surface area contributed by atoms with Crippen molar-refractivity contribution in [2.24, 2.45) is 4.99 Å². The molecule has 0 aromatic heterocycles. The second-order valence-corrected chi connectivity index (χ2v) is 4.78. The van der Waals surface area contributed by atoms with Crippen molar-refractivity contribution in [3.8, 4) is 0 Å². The average Bonchev–Trinajstić information content (AvgIpc) is 2.33. The van der Waals surface area contributed by atoms with Gasteiger partial charge in [-0.05, 0) is 22.0 Å². The summed E-state index contributed by atoms with van der Waals surface area (Å²) in [5, 5.41) is 0.0803. The Morgan fingerprint density at radius 2 is 2.22 bits per heavy atom. The molecule has 1 rings (SSSR count). The van der Waals surface area contributed by atoms with Crippen molar-refractivity contribution in [3.05, 3.63) is 26.9 Å². The number of methoxy groups -OCH3 is 1. The molecular weight excluding hydrogens is 326 g/mol. The minimum Gasteiger partial charge on any atom is -0.465 e. The molecule has 0 bridgehead atoms. The van der Waals surface area contributed by atoms with Crippen LogP contribution in [0.25, 0.3) is 0 Å². The summed E-state index contributed by atoms with van der Waals surface area (Å²) in [4.78, 5) is 17.1. The molecule has 0 saturated carbocycles. The zero-order valence-electron chi connectivity index (χ0n) is 10.00. The fourth-order valence-corrected chi connectivity index (χ4v) is 1.64. The van der Waals surface area contributed by atoms with Crippen molar-refractivity contribution in [3.63, 3.8) is 0 Å². The Balaban J connectivity index is 3.44. The summed E-state index contributed by atoms with van der Waals surface area (Å²) in [7, 11) is 4.66. The highest BCUT2D eigenvalue weighted by molar-refractivity contribution is 9.10. The number of aliphatic imine (C=N–C) groups is 1. The smallest absolute Gasteiger partial charge is 0.340 e. The highest BCUT2D eigenvalue weighted by Gasteiger charge is 2.20. The first-order valence-electron chi connectivity index (χ1n) is 4.85. The largest absolute Gasteiger partial charge is 0.465 e. The summed E-state index contributed by atoms with van der Waals surface area (Å²) in [5.74, 6) is -1.41. The molecule has 0 N–H and O–H groups in total. The van der Waals surface area contributed by atoms with Crippen LogP contribution < -0.4 is 0 Å². The standard InChI is InChI=1S/C11H11BrClFN2O2/c1-16(2)5-15-10-6(11(17)18-3)4-7(13)8(12)9(10)14/h4-5H,1-3H3/b15-5+. The lowest BCUT2D eigenvalue weighted by molar-refractivity contribution is 0.0601. The summed E-state index contributed by atoms with van der Waals surface area (Å²) in [5.41, 5.74) is -0.145.